The third-order valence-corrected chi connectivity index (χ3v) is 2.98. The molecule has 0 saturated heterocycles. The van der Waals surface area contributed by atoms with Crippen molar-refractivity contribution in [3.63, 3.8) is 0 Å². The van der Waals surface area contributed by atoms with Crippen LogP contribution < -0.4 is 0 Å². The Labute approximate surface area is 122 Å². The predicted molar refractivity (Wildman–Crippen MR) is 79.3 cm³/mol. The Kier molecular flexibility index (Phi) is 10.7. The quantitative estimate of drug-likeness (QED) is 0.454. The van der Waals surface area contributed by atoms with Crippen molar-refractivity contribution < 1.29 is 19.1 Å². The first-order chi connectivity index (χ1) is 9.47. The van der Waals surface area contributed by atoms with E-state index in [1.54, 1.807) is 0 Å². The van der Waals surface area contributed by atoms with Crippen LogP contribution in [-0.2, 0) is 19.1 Å². The van der Waals surface area contributed by atoms with E-state index >= 15 is 0 Å². The van der Waals surface area contributed by atoms with Gasteiger partial charge in [-0.2, -0.15) is 0 Å². The van der Waals surface area contributed by atoms with Crippen molar-refractivity contribution in [1.82, 2.24) is 0 Å². The maximum absolute atomic E-state index is 11.5. The summed E-state index contributed by atoms with van der Waals surface area (Å²) in [6.45, 7) is 8.28. The van der Waals surface area contributed by atoms with Crippen molar-refractivity contribution in [2.24, 2.45) is 5.92 Å². The highest BCUT2D eigenvalue weighted by Crippen LogP contribution is 2.08. The van der Waals surface area contributed by atoms with Crippen LogP contribution in [0.15, 0.2) is 12.2 Å². The molecule has 0 saturated carbocycles. The number of hydrogen-bond donors (Lipinski definition) is 0. The van der Waals surface area contributed by atoms with Gasteiger partial charge in [-0.3, -0.25) is 9.59 Å². The number of esters is 2. The summed E-state index contributed by atoms with van der Waals surface area (Å²) >= 11 is 0. The van der Waals surface area contributed by atoms with Crippen LogP contribution in [0.25, 0.3) is 0 Å². The number of hydrogen-bond acceptors (Lipinski definition) is 4. The second kappa shape index (κ2) is 11.5. The van der Waals surface area contributed by atoms with E-state index in [9.17, 15) is 9.59 Å². The van der Waals surface area contributed by atoms with E-state index in [1.165, 1.54) is 0 Å². The zero-order valence-corrected chi connectivity index (χ0v) is 13.2. The van der Waals surface area contributed by atoms with Gasteiger partial charge in [0.05, 0.1) is 0 Å². The van der Waals surface area contributed by atoms with Crippen LogP contribution in [0.4, 0.5) is 0 Å². The molecular formula is C16H28O4. The van der Waals surface area contributed by atoms with E-state index in [0.29, 0.717) is 18.9 Å². The van der Waals surface area contributed by atoms with Gasteiger partial charge in [0.1, 0.15) is 12.7 Å². The molecule has 0 N–H and O–H groups in total. The molecule has 0 aromatic rings. The second-order valence-electron chi connectivity index (χ2n) is 5.24. The zero-order valence-electron chi connectivity index (χ0n) is 13.2. The summed E-state index contributed by atoms with van der Waals surface area (Å²) in [5.74, 6) is -0.212. The molecule has 0 aliphatic carbocycles. The van der Waals surface area contributed by atoms with E-state index in [-0.39, 0.29) is 30.9 Å². The van der Waals surface area contributed by atoms with E-state index in [0.717, 1.165) is 12.8 Å². The average Bonchev–Trinajstić information content (AvgIpc) is 2.38. The summed E-state index contributed by atoms with van der Waals surface area (Å²) in [5.41, 5.74) is 0. The molecule has 0 radical (unpaired) electrons. The Morgan fingerprint density at radius 3 is 2.30 bits per heavy atom. The van der Waals surface area contributed by atoms with Gasteiger partial charge in [0.25, 0.3) is 0 Å². The van der Waals surface area contributed by atoms with Gasteiger partial charge in [-0.15, -0.1) is 0 Å². The molecule has 0 fully saturated rings. The third kappa shape index (κ3) is 10.6. The molecule has 0 heterocycles. The molecule has 0 spiro atoms. The fourth-order valence-electron chi connectivity index (χ4n) is 1.35. The topological polar surface area (TPSA) is 52.6 Å². The smallest absolute Gasteiger partial charge is 0.306 e. The Bertz CT molecular complexity index is 308. The van der Waals surface area contributed by atoms with Crippen LogP contribution in [0, 0.1) is 5.92 Å². The Balaban J connectivity index is 3.63. The number of carbonyl (C=O) groups excluding carboxylic acids is 2. The maximum atomic E-state index is 11.5. The van der Waals surface area contributed by atoms with Gasteiger partial charge in [0.2, 0.25) is 0 Å². The lowest BCUT2D eigenvalue weighted by Gasteiger charge is -2.16. The number of rotatable bonds is 10. The van der Waals surface area contributed by atoms with Gasteiger partial charge in [-0.05, 0) is 25.7 Å². The van der Waals surface area contributed by atoms with Crippen molar-refractivity contribution >= 4 is 11.9 Å². The first kappa shape index (κ1) is 18.7. The van der Waals surface area contributed by atoms with E-state index in [4.69, 9.17) is 9.47 Å². The molecule has 116 valence electrons. The SMILES string of the molecule is CCC/C=C/COC(=O)CCCC(=O)OC(C)C(C)C. The van der Waals surface area contributed by atoms with E-state index in [2.05, 4.69) is 6.92 Å². The molecular weight excluding hydrogens is 256 g/mol. The Morgan fingerprint density at radius 1 is 1.05 bits per heavy atom. The highest BCUT2D eigenvalue weighted by Gasteiger charge is 2.13. The Morgan fingerprint density at radius 2 is 1.70 bits per heavy atom. The molecule has 20 heavy (non-hydrogen) atoms. The summed E-state index contributed by atoms with van der Waals surface area (Å²) < 4.78 is 10.2. The highest BCUT2D eigenvalue weighted by molar-refractivity contribution is 5.72. The van der Waals surface area contributed by atoms with Crippen LogP contribution in [0.1, 0.15) is 59.8 Å². The summed E-state index contributed by atoms with van der Waals surface area (Å²) in [5, 5.41) is 0. The average molecular weight is 284 g/mol. The van der Waals surface area contributed by atoms with Gasteiger partial charge >= 0.3 is 11.9 Å². The molecule has 1 unspecified atom stereocenters. The van der Waals surface area contributed by atoms with Crippen molar-refractivity contribution in [3.8, 4) is 0 Å². The van der Waals surface area contributed by atoms with E-state index < -0.39 is 0 Å². The lowest BCUT2D eigenvalue weighted by atomic mass is 10.1. The lowest BCUT2D eigenvalue weighted by molar-refractivity contribution is -0.150. The first-order valence-corrected chi connectivity index (χ1v) is 7.47. The van der Waals surface area contributed by atoms with Crippen LogP contribution in [-0.4, -0.2) is 24.6 Å². The fraction of sp³-hybridized carbons (Fsp3) is 0.750. The molecule has 4 nitrogen and oxygen atoms in total. The predicted octanol–water partition coefficient (Wildman–Crippen LogP) is 3.64. The summed E-state index contributed by atoms with van der Waals surface area (Å²) in [6.07, 6.45) is 6.83. The van der Waals surface area contributed by atoms with Crippen LogP contribution in [0.5, 0.6) is 0 Å². The summed E-state index contributed by atoms with van der Waals surface area (Å²) in [4.78, 5) is 22.9. The van der Waals surface area contributed by atoms with Gasteiger partial charge in [-0.25, -0.2) is 0 Å². The summed E-state index contributed by atoms with van der Waals surface area (Å²) in [6, 6.07) is 0. The lowest BCUT2D eigenvalue weighted by Crippen LogP contribution is -2.20. The van der Waals surface area contributed by atoms with Crippen molar-refractivity contribution in [3.05, 3.63) is 12.2 Å². The number of unbranched alkanes of at least 4 members (excludes halogenated alkanes) is 1. The van der Waals surface area contributed by atoms with Gasteiger partial charge in [-0.1, -0.05) is 39.3 Å². The molecule has 0 aromatic heterocycles. The fourth-order valence-corrected chi connectivity index (χ4v) is 1.35. The van der Waals surface area contributed by atoms with Crippen LogP contribution in [0.3, 0.4) is 0 Å². The highest BCUT2D eigenvalue weighted by atomic mass is 16.5. The molecule has 1 atom stereocenters. The minimum absolute atomic E-state index is 0.0850. The van der Waals surface area contributed by atoms with E-state index in [1.807, 2.05) is 32.9 Å². The molecule has 0 aliphatic heterocycles. The standard InChI is InChI=1S/C16H28O4/c1-5-6-7-8-12-19-15(17)10-9-11-16(18)20-14(4)13(2)3/h7-8,13-14H,5-6,9-12H2,1-4H3/b8-7+. The molecule has 0 bridgehead atoms. The summed E-state index contributed by atoms with van der Waals surface area (Å²) in [7, 11) is 0. The molecule has 0 aliphatic rings. The van der Waals surface area contributed by atoms with Crippen molar-refractivity contribution in [2.45, 2.75) is 65.9 Å². The third-order valence-electron chi connectivity index (χ3n) is 2.98. The molecule has 0 amide bonds. The van der Waals surface area contributed by atoms with Crippen LogP contribution in [0.2, 0.25) is 0 Å². The number of carbonyl (C=O) groups is 2. The van der Waals surface area contributed by atoms with Crippen molar-refractivity contribution in [1.29, 1.82) is 0 Å². The molecule has 0 rings (SSSR count). The first-order valence-electron chi connectivity index (χ1n) is 7.47. The van der Waals surface area contributed by atoms with Crippen LogP contribution >= 0.6 is 0 Å². The van der Waals surface area contributed by atoms with Gasteiger partial charge in [0.15, 0.2) is 0 Å². The number of ether oxygens (including phenoxy) is 2. The second-order valence-corrected chi connectivity index (χ2v) is 5.24. The monoisotopic (exact) mass is 284 g/mol. The van der Waals surface area contributed by atoms with Gasteiger partial charge in [0, 0.05) is 12.8 Å². The largest absolute Gasteiger partial charge is 0.462 e. The normalized spacial score (nSPS) is 12.7. The Hall–Kier alpha value is -1.32. The van der Waals surface area contributed by atoms with Crippen molar-refractivity contribution in [2.75, 3.05) is 6.61 Å². The number of allylic oxidation sites excluding steroid dienone is 1. The zero-order chi connectivity index (χ0) is 15.4. The minimum atomic E-state index is -0.268. The molecule has 0 aromatic carbocycles. The minimum Gasteiger partial charge on any atom is -0.462 e. The molecule has 4 heteroatoms. The maximum Gasteiger partial charge on any atom is 0.306 e. The van der Waals surface area contributed by atoms with Gasteiger partial charge < -0.3 is 9.47 Å².